The third-order valence-electron chi connectivity index (χ3n) is 3.24. The van der Waals surface area contributed by atoms with E-state index in [1.54, 1.807) is 6.20 Å². The molecule has 0 saturated heterocycles. The molecule has 0 radical (unpaired) electrons. The summed E-state index contributed by atoms with van der Waals surface area (Å²) in [5.74, 6) is 0.0362. The van der Waals surface area contributed by atoms with Crippen molar-refractivity contribution >= 4 is 5.78 Å². The number of hydrogen-bond donors (Lipinski definition) is 1. The second-order valence-corrected chi connectivity index (χ2v) is 4.79. The highest BCUT2D eigenvalue weighted by molar-refractivity contribution is 5.97. The van der Waals surface area contributed by atoms with Gasteiger partial charge in [0.1, 0.15) is 6.54 Å². The van der Waals surface area contributed by atoms with Crippen LogP contribution in [0.4, 0.5) is 0 Å². The quantitative estimate of drug-likeness (QED) is 0.844. The molecule has 0 aliphatic carbocycles. The van der Waals surface area contributed by atoms with Gasteiger partial charge in [0.15, 0.2) is 5.78 Å². The Kier molecular flexibility index (Phi) is 3.76. The molecule has 0 aliphatic heterocycles. The number of rotatable bonds is 4. The van der Waals surface area contributed by atoms with Crippen LogP contribution >= 0.6 is 0 Å². The lowest BCUT2D eigenvalue weighted by atomic mass is 9.98. The molecule has 2 N–H and O–H groups in total. The van der Waals surface area contributed by atoms with E-state index in [-0.39, 0.29) is 12.3 Å². The molecule has 0 fully saturated rings. The van der Waals surface area contributed by atoms with E-state index in [0.29, 0.717) is 12.2 Å². The zero-order valence-electron chi connectivity index (χ0n) is 11.5. The zero-order chi connectivity index (χ0) is 14.0. The van der Waals surface area contributed by atoms with Crippen molar-refractivity contribution in [1.29, 1.82) is 0 Å². The average Bonchev–Trinajstić information content (AvgIpc) is 2.81. The van der Waals surface area contributed by atoms with Crippen LogP contribution in [0.2, 0.25) is 0 Å². The highest BCUT2D eigenvalue weighted by Gasteiger charge is 2.12. The molecule has 19 heavy (non-hydrogen) atoms. The Balaban J connectivity index is 2.22. The minimum absolute atomic E-state index is 0.0362. The topological polar surface area (TPSA) is 73.8 Å². The van der Waals surface area contributed by atoms with Crippen LogP contribution in [0.1, 0.15) is 32.7 Å². The van der Waals surface area contributed by atoms with E-state index in [1.807, 2.05) is 32.9 Å². The van der Waals surface area contributed by atoms with Gasteiger partial charge in [0.25, 0.3) is 0 Å². The van der Waals surface area contributed by atoms with Gasteiger partial charge in [-0.25, -0.2) is 4.68 Å². The van der Waals surface area contributed by atoms with Crippen molar-refractivity contribution in [3.05, 3.63) is 46.3 Å². The second-order valence-electron chi connectivity index (χ2n) is 4.79. The first-order valence-corrected chi connectivity index (χ1v) is 6.21. The number of hydrogen-bond acceptors (Lipinski definition) is 4. The highest BCUT2D eigenvalue weighted by atomic mass is 16.1. The van der Waals surface area contributed by atoms with E-state index in [9.17, 15) is 4.79 Å². The summed E-state index contributed by atoms with van der Waals surface area (Å²) >= 11 is 0. The number of carbonyl (C=O) groups excluding carboxylic acids is 1. The number of Topliss-reactive ketones (excluding diaryl/α,β-unsaturated/α-hetero) is 1. The van der Waals surface area contributed by atoms with Gasteiger partial charge in [0.2, 0.25) is 0 Å². The van der Waals surface area contributed by atoms with Crippen LogP contribution in [0.5, 0.6) is 0 Å². The molecule has 0 unspecified atom stereocenters. The van der Waals surface area contributed by atoms with Gasteiger partial charge in [0, 0.05) is 12.1 Å². The summed E-state index contributed by atoms with van der Waals surface area (Å²) in [4.78, 5) is 12.3. The first kappa shape index (κ1) is 13.4. The Morgan fingerprint density at radius 1 is 1.21 bits per heavy atom. The van der Waals surface area contributed by atoms with Crippen molar-refractivity contribution in [1.82, 2.24) is 15.0 Å². The van der Waals surface area contributed by atoms with Crippen LogP contribution in [0, 0.1) is 20.8 Å². The van der Waals surface area contributed by atoms with Gasteiger partial charge in [-0.1, -0.05) is 11.3 Å². The molecule has 0 bridgehead atoms. The molecule has 5 heteroatoms. The molecule has 1 aromatic heterocycles. The summed E-state index contributed by atoms with van der Waals surface area (Å²) in [5.41, 5.74) is 10.2. The fourth-order valence-corrected chi connectivity index (χ4v) is 2.00. The van der Waals surface area contributed by atoms with Crippen LogP contribution in [0.15, 0.2) is 18.3 Å². The van der Waals surface area contributed by atoms with Gasteiger partial charge < -0.3 is 5.73 Å². The van der Waals surface area contributed by atoms with Crippen LogP contribution in [-0.4, -0.2) is 20.8 Å². The first-order valence-electron chi connectivity index (χ1n) is 6.21. The maximum atomic E-state index is 12.3. The number of nitrogens with two attached hydrogens (primary N) is 1. The third-order valence-corrected chi connectivity index (χ3v) is 3.24. The summed E-state index contributed by atoms with van der Waals surface area (Å²) in [6.07, 6.45) is 1.70. The lowest BCUT2D eigenvalue weighted by Gasteiger charge is -2.08. The summed E-state index contributed by atoms with van der Waals surface area (Å²) in [6, 6.07) is 3.98. The molecule has 0 aliphatic rings. The Labute approximate surface area is 112 Å². The molecule has 100 valence electrons. The standard InChI is InChI=1S/C14H18N4O/c1-9-4-11(3)13(5-10(9)2)14(19)8-18-7-12(6-15)16-17-18/h4-5,7H,6,8,15H2,1-3H3. The second kappa shape index (κ2) is 5.32. The fraction of sp³-hybridized carbons (Fsp3) is 0.357. The minimum Gasteiger partial charge on any atom is -0.325 e. The van der Waals surface area contributed by atoms with Crippen LogP contribution in [0.25, 0.3) is 0 Å². The SMILES string of the molecule is Cc1cc(C)c(C(=O)Cn2cc(CN)nn2)cc1C. The Morgan fingerprint density at radius 2 is 1.89 bits per heavy atom. The number of benzene rings is 1. The minimum atomic E-state index is 0.0362. The molecular formula is C14H18N4O. The maximum Gasteiger partial charge on any atom is 0.184 e. The predicted octanol–water partition coefficient (Wildman–Crippen LogP) is 1.54. The predicted molar refractivity (Wildman–Crippen MR) is 72.9 cm³/mol. The van der Waals surface area contributed by atoms with Crippen molar-refractivity contribution in [2.24, 2.45) is 5.73 Å². The van der Waals surface area contributed by atoms with E-state index in [2.05, 4.69) is 10.3 Å². The van der Waals surface area contributed by atoms with Crippen molar-refractivity contribution in [2.75, 3.05) is 0 Å². The summed E-state index contributed by atoms with van der Waals surface area (Å²) in [7, 11) is 0. The number of aryl methyl sites for hydroxylation is 3. The molecule has 1 aromatic carbocycles. The Bertz CT molecular complexity index is 616. The summed E-state index contributed by atoms with van der Waals surface area (Å²) in [5, 5.41) is 7.76. The molecule has 1 heterocycles. The molecule has 2 rings (SSSR count). The number of nitrogens with zero attached hydrogens (tertiary/aromatic N) is 3. The van der Waals surface area contributed by atoms with Gasteiger partial charge in [-0.2, -0.15) is 0 Å². The molecular weight excluding hydrogens is 240 g/mol. The molecule has 0 atom stereocenters. The number of aromatic nitrogens is 3. The summed E-state index contributed by atoms with van der Waals surface area (Å²) < 4.78 is 1.53. The molecule has 0 saturated carbocycles. The normalized spacial score (nSPS) is 10.7. The van der Waals surface area contributed by atoms with Gasteiger partial charge in [-0.05, 0) is 43.5 Å². The lowest BCUT2D eigenvalue weighted by molar-refractivity contribution is 0.0966. The fourth-order valence-electron chi connectivity index (χ4n) is 2.00. The monoisotopic (exact) mass is 258 g/mol. The van der Waals surface area contributed by atoms with E-state index >= 15 is 0 Å². The van der Waals surface area contributed by atoms with Crippen molar-refractivity contribution in [2.45, 2.75) is 33.9 Å². The number of ketones is 1. The highest BCUT2D eigenvalue weighted by Crippen LogP contribution is 2.16. The van der Waals surface area contributed by atoms with Crippen molar-refractivity contribution in [3.8, 4) is 0 Å². The maximum absolute atomic E-state index is 12.3. The smallest absolute Gasteiger partial charge is 0.184 e. The Hall–Kier alpha value is -2.01. The van der Waals surface area contributed by atoms with E-state index < -0.39 is 0 Å². The van der Waals surface area contributed by atoms with Crippen LogP contribution < -0.4 is 5.73 Å². The molecule has 5 nitrogen and oxygen atoms in total. The van der Waals surface area contributed by atoms with E-state index in [0.717, 1.165) is 16.7 Å². The van der Waals surface area contributed by atoms with Gasteiger partial charge in [-0.3, -0.25) is 4.79 Å². The molecule has 2 aromatic rings. The van der Waals surface area contributed by atoms with E-state index in [4.69, 9.17) is 5.73 Å². The lowest BCUT2D eigenvalue weighted by Crippen LogP contribution is -2.13. The van der Waals surface area contributed by atoms with E-state index in [1.165, 1.54) is 10.2 Å². The van der Waals surface area contributed by atoms with Gasteiger partial charge in [-0.15, -0.1) is 5.10 Å². The first-order chi connectivity index (χ1) is 9.01. The average molecular weight is 258 g/mol. The van der Waals surface area contributed by atoms with Crippen molar-refractivity contribution < 1.29 is 4.79 Å². The van der Waals surface area contributed by atoms with Gasteiger partial charge >= 0.3 is 0 Å². The van der Waals surface area contributed by atoms with Crippen molar-refractivity contribution in [3.63, 3.8) is 0 Å². The van der Waals surface area contributed by atoms with Crippen LogP contribution in [-0.2, 0) is 13.1 Å². The zero-order valence-corrected chi connectivity index (χ0v) is 11.5. The van der Waals surface area contributed by atoms with Gasteiger partial charge in [0.05, 0.1) is 11.9 Å². The number of carbonyl (C=O) groups is 1. The third kappa shape index (κ3) is 2.88. The molecule has 0 spiro atoms. The summed E-state index contributed by atoms with van der Waals surface area (Å²) in [6.45, 7) is 6.52. The molecule has 0 amide bonds. The Morgan fingerprint density at radius 3 is 2.53 bits per heavy atom. The largest absolute Gasteiger partial charge is 0.325 e. The van der Waals surface area contributed by atoms with Crippen LogP contribution in [0.3, 0.4) is 0 Å².